The summed E-state index contributed by atoms with van der Waals surface area (Å²) in [6, 6.07) is 6.64. The van der Waals surface area contributed by atoms with Gasteiger partial charge in [0.05, 0.1) is 0 Å². The van der Waals surface area contributed by atoms with Crippen molar-refractivity contribution in [3.63, 3.8) is 0 Å². The van der Waals surface area contributed by atoms with E-state index >= 15 is 0 Å². The van der Waals surface area contributed by atoms with Gasteiger partial charge >= 0.3 is 0 Å². The third kappa shape index (κ3) is 5.21. The number of amides is 1. The second kappa shape index (κ2) is 6.47. The molecule has 0 aliphatic carbocycles. The van der Waals surface area contributed by atoms with Gasteiger partial charge in [-0.25, -0.2) is 8.42 Å². The van der Waals surface area contributed by atoms with Gasteiger partial charge in [0, 0.05) is 12.1 Å². The highest BCUT2D eigenvalue weighted by Crippen LogP contribution is 2.06. The number of aryl methyl sites for hydroxylation is 1. The highest BCUT2D eigenvalue weighted by atomic mass is 32.2. The van der Waals surface area contributed by atoms with Crippen LogP contribution in [0.4, 0.5) is 0 Å². The maximum Gasteiger partial charge on any atom is 0.235 e. The number of rotatable bonds is 6. The molecule has 0 fully saturated rings. The molecule has 5 nitrogen and oxygen atoms in total. The van der Waals surface area contributed by atoms with Crippen LogP contribution in [0.15, 0.2) is 24.3 Å². The van der Waals surface area contributed by atoms with Crippen LogP contribution in [-0.4, -0.2) is 38.2 Å². The highest BCUT2D eigenvalue weighted by Gasteiger charge is 2.21. The molecule has 1 aromatic rings. The number of Topliss-reactive ketones (excluding diaryl/α,β-unsaturated/α-hetero) is 1. The van der Waals surface area contributed by atoms with Gasteiger partial charge in [0.25, 0.3) is 0 Å². The minimum Gasteiger partial charge on any atom is -0.356 e. The van der Waals surface area contributed by atoms with Crippen molar-refractivity contribution in [1.82, 2.24) is 5.32 Å². The normalized spacial score (nSPS) is 11.1. The van der Waals surface area contributed by atoms with Crippen LogP contribution >= 0.6 is 0 Å². The molecule has 0 aliphatic heterocycles. The number of nitrogens with one attached hydrogen (secondary N) is 1. The first-order valence-electron chi connectivity index (χ1n) is 5.91. The van der Waals surface area contributed by atoms with E-state index in [0.29, 0.717) is 12.1 Å². The van der Waals surface area contributed by atoms with Crippen molar-refractivity contribution < 1.29 is 18.0 Å². The summed E-state index contributed by atoms with van der Waals surface area (Å²) in [5.74, 6) is -2.38. The average Bonchev–Trinajstić information content (AvgIpc) is 2.28. The van der Waals surface area contributed by atoms with Gasteiger partial charge in [-0.15, -0.1) is 0 Å². The van der Waals surface area contributed by atoms with Gasteiger partial charge in [-0.3, -0.25) is 9.59 Å². The molecule has 1 N–H and O–H groups in total. The van der Waals surface area contributed by atoms with Crippen molar-refractivity contribution in [3.8, 4) is 0 Å². The van der Waals surface area contributed by atoms with E-state index in [1.54, 1.807) is 31.2 Å². The molecule has 0 aromatic heterocycles. The lowest BCUT2D eigenvalue weighted by Crippen LogP contribution is -2.32. The second-order valence-electron chi connectivity index (χ2n) is 4.27. The Hall–Kier alpha value is -1.69. The summed E-state index contributed by atoms with van der Waals surface area (Å²) in [5, 5.41) is 2.39. The predicted octanol–water partition coefficient (Wildman–Crippen LogP) is 0.729. The van der Waals surface area contributed by atoms with Crippen molar-refractivity contribution in [3.05, 3.63) is 35.4 Å². The molecule has 0 atom stereocenters. The maximum absolute atomic E-state index is 11.8. The number of sulfone groups is 1. The van der Waals surface area contributed by atoms with Gasteiger partial charge in [0.15, 0.2) is 15.6 Å². The zero-order valence-electron chi connectivity index (χ0n) is 11.0. The zero-order chi connectivity index (χ0) is 14.5. The van der Waals surface area contributed by atoms with Crippen LogP contribution in [0.25, 0.3) is 0 Å². The van der Waals surface area contributed by atoms with Gasteiger partial charge in [-0.1, -0.05) is 29.8 Å². The molecule has 6 heteroatoms. The fourth-order valence-electron chi connectivity index (χ4n) is 1.52. The van der Waals surface area contributed by atoms with E-state index in [-0.39, 0.29) is 0 Å². The summed E-state index contributed by atoms with van der Waals surface area (Å²) < 4.78 is 23.4. The Kier molecular flexibility index (Phi) is 5.23. The molecule has 0 heterocycles. The summed E-state index contributed by atoms with van der Waals surface area (Å²) in [4.78, 5) is 23.0. The fourth-order valence-corrected chi connectivity index (χ4v) is 2.69. The maximum atomic E-state index is 11.8. The fraction of sp³-hybridized carbons (Fsp3) is 0.385. The van der Waals surface area contributed by atoms with Crippen LogP contribution in [0.3, 0.4) is 0 Å². The van der Waals surface area contributed by atoms with Gasteiger partial charge in [-0.05, 0) is 13.8 Å². The monoisotopic (exact) mass is 283 g/mol. The first-order valence-corrected chi connectivity index (χ1v) is 7.73. The van der Waals surface area contributed by atoms with Crippen molar-refractivity contribution in [1.29, 1.82) is 0 Å². The van der Waals surface area contributed by atoms with Crippen LogP contribution in [-0.2, 0) is 14.6 Å². The number of ketones is 1. The molecule has 0 saturated heterocycles. The third-order valence-corrected chi connectivity index (χ3v) is 3.85. The number of benzene rings is 1. The Morgan fingerprint density at radius 2 is 1.68 bits per heavy atom. The molecule has 0 spiro atoms. The Labute approximate surface area is 112 Å². The van der Waals surface area contributed by atoms with E-state index in [9.17, 15) is 18.0 Å². The summed E-state index contributed by atoms with van der Waals surface area (Å²) in [5.41, 5.74) is 1.33. The number of carbonyl (C=O) groups is 2. The lowest BCUT2D eigenvalue weighted by Gasteiger charge is -2.04. The number of hydrogen-bond donors (Lipinski definition) is 1. The molecular formula is C13H17NO4S. The van der Waals surface area contributed by atoms with Gasteiger partial charge in [-0.2, -0.15) is 0 Å². The molecular weight excluding hydrogens is 266 g/mol. The summed E-state index contributed by atoms with van der Waals surface area (Å²) >= 11 is 0. The Bertz CT molecular complexity index is 561. The molecule has 0 radical (unpaired) electrons. The minimum absolute atomic E-state index is 0.338. The Balaban J connectivity index is 2.70. The molecule has 104 valence electrons. The topological polar surface area (TPSA) is 80.3 Å². The van der Waals surface area contributed by atoms with E-state index in [1.165, 1.54) is 0 Å². The second-order valence-corrected chi connectivity index (χ2v) is 6.34. The average molecular weight is 283 g/mol. The van der Waals surface area contributed by atoms with Crippen LogP contribution in [0.5, 0.6) is 0 Å². The molecule has 0 saturated carbocycles. The summed E-state index contributed by atoms with van der Waals surface area (Å²) in [6.07, 6.45) is 0. The standard InChI is InChI=1S/C13H17NO4S/c1-3-14-13(16)9-19(17,18)8-12(15)11-6-4-10(2)5-7-11/h4-7H,3,8-9H2,1-2H3,(H,14,16). The van der Waals surface area contributed by atoms with Gasteiger partial charge < -0.3 is 5.32 Å². The van der Waals surface area contributed by atoms with Crippen LogP contribution < -0.4 is 5.32 Å². The molecule has 19 heavy (non-hydrogen) atoms. The van der Waals surface area contributed by atoms with E-state index < -0.39 is 33.0 Å². The molecule has 0 aliphatic rings. The first kappa shape index (κ1) is 15.4. The van der Waals surface area contributed by atoms with Crippen molar-refractivity contribution >= 4 is 21.5 Å². The first-order chi connectivity index (χ1) is 8.84. The van der Waals surface area contributed by atoms with Crippen molar-refractivity contribution in [2.24, 2.45) is 0 Å². The molecule has 1 rings (SSSR count). The Morgan fingerprint density at radius 3 is 2.21 bits per heavy atom. The highest BCUT2D eigenvalue weighted by molar-refractivity contribution is 7.92. The van der Waals surface area contributed by atoms with Crippen LogP contribution in [0.2, 0.25) is 0 Å². The summed E-state index contributed by atoms with van der Waals surface area (Å²) in [6.45, 7) is 3.93. The molecule has 0 unspecified atom stereocenters. The van der Waals surface area contributed by atoms with E-state index in [1.807, 2.05) is 6.92 Å². The Morgan fingerprint density at radius 1 is 1.11 bits per heavy atom. The number of hydrogen-bond acceptors (Lipinski definition) is 4. The van der Waals surface area contributed by atoms with Crippen LogP contribution in [0.1, 0.15) is 22.8 Å². The lowest BCUT2D eigenvalue weighted by molar-refractivity contribution is -0.118. The quantitative estimate of drug-likeness (QED) is 0.780. The van der Waals surface area contributed by atoms with Gasteiger partial charge in [0.1, 0.15) is 11.5 Å². The smallest absolute Gasteiger partial charge is 0.235 e. The number of carbonyl (C=O) groups excluding carboxylic acids is 2. The van der Waals surface area contributed by atoms with E-state index in [2.05, 4.69) is 5.32 Å². The zero-order valence-corrected chi connectivity index (χ0v) is 11.8. The lowest BCUT2D eigenvalue weighted by atomic mass is 10.1. The predicted molar refractivity (Wildman–Crippen MR) is 72.8 cm³/mol. The van der Waals surface area contributed by atoms with Crippen molar-refractivity contribution in [2.45, 2.75) is 13.8 Å². The van der Waals surface area contributed by atoms with Crippen LogP contribution in [0, 0.1) is 6.92 Å². The third-order valence-electron chi connectivity index (χ3n) is 2.45. The summed E-state index contributed by atoms with van der Waals surface area (Å²) in [7, 11) is -3.72. The van der Waals surface area contributed by atoms with Crippen molar-refractivity contribution in [2.75, 3.05) is 18.1 Å². The molecule has 1 aromatic carbocycles. The largest absolute Gasteiger partial charge is 0.356 e. The van der Waals surface area contributed by atoms with Gasteiger partial charge in [0.2, 0.25) is 5.91 Å². The SMILES string of the molecule is CCNC(=O)CS(=O)(=O)CC(=O)c1ccc(C)cc1. The van der Waals surface area contributed by atoms with E-state index in [0.717, 1.165) is 5.56 Å². The van der Waals surface area contributed by atoms with E-state index in [4.69, 9.17) is 0 Å². The molecule has 0 bridgehead atoms. The minimum atomic E-state index is -3.72. The molecule has 1 amide bonds.